The average Bonchev–Trinajstić information content (AvgIpc) is 2.98. The molecule has 21 heavy (non-hydrogen) atoms. The van der Waals surface area contributed by atoms with Gasteiger partial charge in [-0.3, -0.25) is 0 Å². The molecule has 1 fully saturated rings. The Morgan fingerprint density at radius 3 is 2.76 bits per heavy atom. The first-order valence-corrected chi connectivity index (χ1v) is 7.77. The van der Waals surface area contributed by atoms with Gasteiger partial charge >= 0.3 is 0 Å². The summed E-state index contributed by atoms with van der Waals surface area (Å²) in [5.41, 5.74) is 7.66. The SMILES string of the molecule is COc1ccc(CN(C)CC2CCCC2)cc1C#CCN. The molecule has 1 aliphatic carbocycles. The molecule has 1 aromatic rings. The maximum absolute atomic E-state index is 5.46. The van der Waals surface area contributed by atoms with E-state index in [1.165, 1.54) is 37.8 Å². The Hall–Kier alpha value is -1.50. The minimum absolute atomic E-state index is 0.370. The average molecular weight is 286 g/mol. The maximum atomic E-state index is 5.46. The van der Waals surface area contributed by atoms with Gasteiger partial charge in [0.05, 0.1) is 19.2 Å². The van der Waals surface area contributed by atoms with Crippen molar-refractivity contribution in [3.8, 4) is 17.6 Å². The standard InChI is InChI=1S/C18H26N2O/c1-20(13-15-6-3-4-7-15)14-16-9-10-18(21-2)17(12-16)8-5-11-19/h9-10,12,15H,3-4,6-7,11,13-14,19H2,1-2H3. The van der Waals surface area contributed by atoms with Gasteiger partial charge in [0.2, 0.25) is 0 Å². The third-order valence-electron chi connectivity index (χ3n) is 4.09. The molecule has 0 radical (unpaired) electrons. The number of hydrogen-bond donors (Lipinski definition) is 1. The van der Waals surface area contributed by atoms with Crippen LogP contribution in [0.5, 0.6) is 5.75 Å². The zero-order valence-corrected chi connectivity index (χ0v) is 13.2. The van der Waals surface area contributed by atoms with Crippen LogP contribution < -0.4 is 10.5 Å². The summed E-state index contributed by atoms with van der Waals surface area (Å²) in [7, 11) is 3.88. The van der Waals surface area contributed by atoms with Gasteiger partial charge in [-0.05, 0) is 43.5 Å². The molecule has 1 aromatic carbocycles. The van der Waals surface area contributed by atoms with E-state index in [0.717, 1.165) is 23.8 Å². The second kappa shape index (κ2) is 8.07. The van der Waals surface area contributed by atoms with E-state index in [1.807, 2.05) is 6.07 Å². The molecule has 0 bridgehead atoms. The number of ether oxygens (including phenoxy) is 1. The second-order valence-electron chi connectivity index (χ2n) is 5.89. The number of nitrogens with two attached hydrogens (primary N) is 1. The first-order chi connectivity index (χ1) is 10.2. The van der Waals surface area contributed by atoms with E-state index in [-0.39, 0.29) is 0 Å². The van der Waals surface area contributed by atoms with E-state index in [0.29, 0.717) is 6.54 Å². The maximum Gasteiger partial charge on any atom is 0.134 e. The van der Waals surface area contributed by atoms with Gasteiger partial charge in [-0.25, -0.2) is 0 Å². The Bertz CT molecular complexity index is 510. The lowest BCUT2D eigenvalue weighted by atomic mass is 10.1. The first-order valence-electron chi connectivity index (χ1n) is 7.77. The number of hydrogen-bond acceptors (Lipinski definition) is 3. The summed E-state index contributed by atoms with van der Waals surface area (Å²) in [5.74, 6) is 7.69. The fourth-order valence-corrected chi connectivity index (χ4v) is 3.11. The molecule has 0 heterocycles. The van der Waals surface area contributed by atoms with Crippen LogP contribution in [0.2, 0.25) is 0 Å². The van der Waals surface area contributed by atoms with Crippen molar-refractivity contribution in [1.82, 2.24) is 4.90 Å². The lowest BCUT2D eigenvalue weighted by molar-refractivity contribution is 0.271. The molecule has 0 aliphatic heterocycles. The van der Waals surface area contributed by atoms with Crippen molar-refractivity contribution in [1.29, 1.82) is 0 Å². The fraction of sp³-hybridized carbons (Fsp3) is 0.556. The lowest BCUT2D eigenvalue weighted by Crippen LogP contribution is -2.24. The molecule has 2 N–H and O–H groups in total. The Balaban J connectivity index is 2.01. The summed E-state index contributed by atoms with van der Waals surface area (Å²) in [6, 6.07) is 6.24. The molecule has 0 spiro atoms. The normalized spacial score (nSPS) is 15.0. The summed E-state index contributed by atoms with van der Waals surface area (Å²) in [4.78, 5) is 2.41. The van der Waals surface area contributed by atoms with Gasteiger partial charge in [0.1, 0.15) is 5.75 Å². The monoisotopic (exact) mass is 286 g/mol. The van der Waals surface area contributed by atoms with Crippen molar-refractivity contribution < 1.29 is 4.74 Å². The van der Waals surface area contributed by atoms with Crippen LogP contribution in [0, 0.1) is 17.8 Å². The van der Waals surface area contributed by atoms with E-state index < -0.39 is 0 Å². The fourth-order valence-electron chi connectivity index (χ4n) is 3.11. The van der Waals surface area contributed by atoms with Crippen LogP contribution >= 0.6 is 0 Å². The van der Waals surface area contributed by atoms with Gasteiger partial charge in [-0.2, -0.15) is 0 Å². The smallest absolute Gasteiger partial charge is 0.134 e. The second-order valence-corrected chi connectivity index (χ2v) is 5.89. The molecule has 0 saturated heterocycles. The van der Waals surface area contributed by atoms with E-state index in [1.54, 1.807) is 7.11 Å². The summed E-state index contributed by atoms with van der Waals surface area (Å²) in [5, 5.41) is 0. The topological polar surface area (TPSA) is 38.5 Å². The first kappa shape index (κ1) is 15.9. The van der Waals surface area contributed by atoms with Crippen LogP contribution in [0.3, 0.4) is 0 Å². The third kappa shape index (κ3) is 4.77. The molecule has 3 heteroatoms. The highest BCUT2D eigenvalue weighted by Gasteiger charge is 2.16. The molecule has 0 aromatic heterocycles. The Labute approximate surface area is 128 Å². The molecule has 3 nitrogen and oxygen atoms in total. The summed E-state index contributed by atoms with van der Waals surface area (Å²) >= 11 is 0. The Kier molecular flexibility index (Phi) is 6.10. The van der Waals surface area contributed by atoms with Crippen LogP contribution in [-0.2, 0) is 6.54 Å². The number of rotatable bonds is 5. The van der Waals surface area contributed by atoms with Crippen molar-refractivity contribution >= 4 is 0 Å². The van der Waals surface area contributed by atoms with Crippen molar-refractivity contribution in [3.05, 3.63) is 29.3 Å². The molecule has 1 aliphatic rings. The molecular formula is C18H26N2O. The van der Waals surface area contributed by atoms with Crippen LogP contribution in [-0.4, -0.2) is 32.1 Å². The van der Waals surface area contributed by atoms with Crippen molar-refractivity contribution in [2.24, 2.45) is 11.7 Å². The van der Waals surface area contributed by atoms with E-state index in [2.05, 4.69) is 35.9 Å². The van der Waals surface area contributed by atoms with Crippen molar-refractivity contribution in [3.63, 3.8) is 0 Å². The molecule has 2 rings (SSSR count). The van der Waals surface area contributed by atoms with Crippen LogP contribution in [0.1, 0.15) is 36.8 Å². The summed E-state index contributed by atoms with van der Waals surface area (Å²) in [6.45, 7) is 2.52. The summed E-state index contributed by atoms with van der Waals surface area (Å²) in [6.07, 6.45) is 5.58. The molecule has 0 amide bonds. The molecular weight excluding hydrogens is 260 g/mol. The van der Waals surface area contributed by atoms with Gasteiger partial charge in [0, 0.05) is 13.1 Å². The van der Waals surface area contributed by atoms with Crippen LogP contribution in [0.4, 0.5) is 0 Å². The Morgan fingerprint density at radius 2 is 2.10 bits per heavy atom. The van der Waals surface area contributed by atoms with Crippen molar-refractivity contribution in [2.45, 2.75) is 32.2 Å². The Morgan fingerprint density at radius 1 is 1.33 bits per heavy atom. The van der Waals surface area contributed by atoms with Gasteiger partial charge in [0.25, 0.3) is 0 Å². The van der Waals surface area contributed by atoms with E-state index in [4.69, 9.17) is 10.5 Å². The van der Waals surface area contributed by atoms with Gasteiger partial charge in [0.15, 0.2) is 0 Å². The highest BCUT2D eigenvalue weighted by Crippen LogP contribution is 2.26. The van der Waals surface area contributed by atoms with E-state index in [9.17, 15) is 0 Å². The highest BCUT2D eigenvalue weighted by molar-refractivity contribution is 5.48. The van der Waals surface area contributed by atoms with Crippen LogP contribution in [0.25, 0.3) is 0 Å². The molecule has 0 atom stereocenters. The molecule has 114 valence electrons. The summed E-state index contributed by atoms with van der Waals surface area (Å²) < 4.78 is 5.35. The lowest BCUT2D eigenvalue weighted by Gasteiger charge is -2.21. The quantitative estimate of drug-likeness (QED) is 0.846. The van der Waals surface area contributed by atoms with Gasteiger partial charge in [-0.1, -0.05) is 30.7 Å². The van der Waals surface area contributed by atoms with Crippen molar-refractivity contribution in [2.75, 3.05) is 27.2 Å². The van der Waals surface area contributed by atoms with Crippen LogP contribution in [0.15, 0.2) is 18.2 Å². The predicted molar refractivity (Wildman–Crippen MR) is 87.2 cm³/mol. The largest absolute Gasteiger partial charge is 0.495 e. The zero-order chi connectivity index (χ0) is 15.1. The predicted octanol–water partition coefficient (Wildman–Crippen LogP) is 2.63. The molecule has 0 unspecified atom stereocenters. The zero-order valence-electron chi connectivity index (χ0n) is 13.2. The number of benzene rings is 1. The number of methoxy groups -OCH3 is 1. The minimum Gasteiger partial charge on any atom is -0.495 e. The highest BCUT2D eigenvalue weighted by atomic mass is 16.5. The van der Waals surface area contributed by atoms with Gasteiger partial charge in [-0.15, -0.1) is 0 Å². The molecule has 1 saturated carbocycles. The number of nitrogens with zero attached hydrogens (tertiary/aromatic N) is 1. The third-order valence-corrected chi connectivity index (χ3v) is 4.09. The minimum atomic E-state index is 0.370. The van der Waals surface area contributed by atoms with Gasteiger partial charge < -0.3 is 15.4 Å². The van der Waals surface area contributed by atoms with E-state index >= 15 is 0 Å².